The Morgan fingerprint density at radius 1 is 1.00 bits per heavy atom. The Balaban J connectivity index is 1.44. The van der Waals surface area contributed by atoms with Crippen LogP contribution in [0.3, 0.4) is 0 Å². The molecule has 0 bridgehead atoms. The quantitative estimate of drug-likeness (QED) is 0.845. The van der Waals surface area contributed by atoms with Gasteiger partial charge in [0, 0.05) is 25.7 Å². The molecule has 4 nitrogen and oxygen atoms in total. The lowest BCUT2D eigenvalue weighted by Crippen LogP contribution is -2.69. The van der Waals surface area contributed by atoms with Crippen molar-refractivity contribution in [2.75, 3.05) is 19.6 Å². The van der Waals surface area contributed by atoms with Gasteiger partial charge in [-0.05, 0) is 29.5 Å². The first-order valence-corrected chi connectivity index (χ1v) is 9.15. The van der Waals surface area contributed by atoms with E-state index < -0.39 is 0 Å². The van der Waals surface area contributed by atoms with Gasteiger partial charge in [0.25, 0.3) is 0 Å². The zero-order valence-electron chi connectivity index (χ0n) is 14.2. The summed E-state index contributed by atoms with van der Waals surface area (Å²) in [6, 6.07) is 19.1. The second kappa shape index (κ2) is 5.88. The number of hydrogen-bond acceptors (Lipinski definition) is 3. The van der Waals surface area contributed by atoms with Crippen molar-refractivity contribution in [3.05, 3.63) is 71.3 Å². The topological polar surface area (TPSA) is 32.8 Å². The van der Waals surface area contributed by atoms with Gasteiger partial charge >= 0.3 is 6.09 Å². The van der Waals surface area contributed by atoms with E-state index in [0.29, 0.717) is 12.6 Å². The summed E-state index contributed by atoms with van der Waals surface area (Å²) in [6.07, 6.45) is 1.95. The maximum atomic E-state index is 13.0. The molecule has 3 atom stereocenters. The van der Waals surface area contributed by atoms with Crippen molar-refractivity contribution in [2.24, 2.45) is 0 Å². The summed E-state index contributed by atoms with van der Waals surface area (Å²) in [6.45, 7) is 2.76. The number of carbonyl (C=O) groups excluding carboxylic acids is 1. The summed E-state index contributed by atoms with van der Waals surface area (Å²) < 4.78 is 5.87. The standard InChI is InChI=1S/C21H22N2O2/c24-21(25-19-14-22-12-11-18(19)22)23-13-10-15-6-4-5-9-17(15)20(23)16-7-2-1-3-8-16/h1-9,18-20H,10-14H2/t18?,19-,20?/m1/s1. The predicted molar refractivity (Wildman–Crippen MR) is 95.4 cm³/mol. The molecule has 0 spiro atoms. The van der Waals surface area contributed by atoms with Crippen LogP contribution in [0.25, 0.3) is 0 Å². The third kappa shape index (κ3) is 2.44. The Morgan fingerprint density at radius 2 is 1.80 bits per heavy atom. The number of piperidine rings is 1. The first-order valence-electron chi connectivity index (χ1n) is 9.15. The normalized spacial score (nSPS) is 27.5. The lowest BCUT2D eigenvalue weighted by Gasteiger charge is -2.55. The summed E-state index contributed by atoms with van der Waals surface area (Å²) in [5, 5.41) is 0. The van der Waals surface area contributed by atoms with Gasteiger partial charge in [-0.3, -0.25) is 9.80 Å². The number of hydrogen-bond donors (Lipinski definition) is 0. The monoisotopic (exact) mass is 334 g/mol. The van der Waals surface area contributed by atoms with Crippen molar-refractivity contribution in [1.82, 2.24) is 9.80 Å². The van der Waals surface area contributed by atoms with Crippen molar-refractivity contribution in [1.29, 1.82) is 0 Å². The zero-order chi connectivity index (χ0) is 16.8. The van der Waals surface area contributed by atoms with Crippen LogP contribution in [0.4, 0.5) is 4.79 Å². The second-order valence-corrected chi connectivity index (χ2v) is 7.23. The molecular formula is C21H22N2O2. The van der Waals surface area contributed by atoms with Crippen molar-refractivity contribution < 1.29 is 9.53 Å². The fourth-order valence-corrected chi connectivity index (χ4v) is 4.39. The second-order valence-electron chi connectivity index (χ2n) is 7.23. The zero-order valence-corrected chi connectivity index (χ0v) is 14.2. The molecule has 4 heteroatoms. The molecule has 25 heavy (non-hydrogen) atoms. The molecule has 2 saturated heterocycles. The molecule has 0 aromatic heterocycles. The molecule has 0 aliphatic carbocycles. The molecular weight excluding hydrogens is 312 g/mol. The molecule has 3 aliphatic heterocycles. The fraction of sp³-hybridized carbons (Fsp3) is 0.381. The van der Waals surface area contributed by atoms with E-state index in [1.165, 1.54) is 11.1 Å². The Labute approximate surface area is 148 Å². The molecule has 0 radical (unpaired) electrons. The van der Waals surface area contributed by atoms with E-state index in [1.54, 1.807) is 0 Å². The first-order chi connectivity index (χ1) is 12.3. The number of amides is 1. The summed E-state index contributed by atoms with van der Waals surface area (Å²) in [5.41, 5.74) is 3.69. The van der Waals surface area contributed by atoms with E-state index in [1.807, 2.05) is 23.1 Å². The van der Waals surface area contributed by atoms with Gasteiger partial charge in [-0.1, -0.05) is 54.6 Å². The molecule has 3 aliphatic rings. The molecule has 3 heterocycles. The Kier molecular flexibility index (Phi) is 3.52. The van der Waals surface area contributed by atoms with Gasteiger partial charge in [0.05, 0.1) is 6.04 Å². The van der Waals surface area contributed by atoms with Crippen LogP contribution in [0.15, 0.2) is 54.6 Å². The Morgan fingerprint density at radius 3 is 2.52 bits per heavy atom. The molecule has 0 N–H and O–H groups in total. The van der Waals surface area contributed by atoms with Crippen LogP contribution in [0.2, 0.25) is 0 Å². The minimum Gasteiger partial charge on any atom is -0.443 e. The van der Waals surface area contributed by atoms with Crippen LogP contribution in [0.5, 0.6) is 0 Å². The smallest absolute Gasteiger partial charge is 0.410 e. The van der Waals surface area contributed by atoms with Crippen LogP contribution in [0.1, 0.15) is 29.2 Å². The molecule has 2 aromatic carbocycles. The number of rotatable bonds is 2. The van der Waals surface area contributed by atoms with E-state index in [9.17, 15) is 4.79 Å². The molecule has 2 fully saturated rings. The largest absolute Gasteiger partial charge is 0.443 e. The first kappa shape index (κ1) is 15.0. The minimum absolute atomic E-state index is 0.0591. The van der Waals surface area contributed by atoms with Crippen LogP contribution < -0.4 is 0 Å². The summed E-state index contributed by atoms with van der Waals surface area (Å²) in [4.78, 5) is 17.2. The highest BCUT2D eigenvalue weighted by Gasteiger charge is 2.48. The maximum absolute atomic E-state index is 13.0. The average Bonchev–Trinajstić information content (AvgIpc) is 2.65. The lowest BCUT2D eigenvalue weighted by molar-refractivity contribution is -0.129. The fourth-order valence-electron chi connectivity index (χ4n) is 4.39. The van der Waals surface area contributed by atoms with Crippen LogP contribution in [0, 0.1) is 0 Å². The minimum atomic E-state index is -0.167. The van der Waals surface area contributed by atoms with Gasteiger partial charge in [-0.2, -0.15) is 0 Å². The highest BCUT2D eigenvalue weighted by atomic mass is 16.6. The molecule has 2 aromatic rings. The van der Waals surface area contributed by atoms with Gasteiger partial charge < -0.3 is 4.74 Å². The van der Waals surface area contributed by atoms with Gasteiger partial charge in [0.2, 0.25) is 0 Å². The third-order valence-corrected chi connectivity index (χ3v) is 5.91. The number of nitrogens with zero attached hydrogens (tertiary/aromatic N) is 2. The van der Waals surface area contributed by atoms with Crippen LogP contribution in [-0.2, 0) is 11.2 Å². The number of carbonyl (C=O) groups is 1. The molecule has 128 valence electrons. The number of fused-ring (bicyclic) bond motifs is 2. The van der Waals surface area contributed by atoms with Gasteiger partial charge in [0.15, 0.2) is 0 Å². The summed E-state index contributed by atoms with van der Waals surface area (Å²) >= 11 is 0. The average molecular weight is 334 g/mol. The highest BCUT2D eigenvalue weighted by Crippen LogP contribution is 2.37. The highest BCUT2D eigenvalue weighted by molar-refractivity contribution is 5.70. The van der Waals surface area contributed by atoms with Gasteiger partial charge in [0.1, 0.15) is 6.10 Å². The van der Waals surface area contributed by atoms with E-state index in [2.05, 4.69) is 41.3 Å². The summed E-state index contributed by atoms with van der Waals surface area (Å²) in [5.74, 6) is 0. The maximum Gasteiger partial charge on any atom is 0.410 e. The van der Waals surface area contributed by atoms with Gasteiger partial charge in [-0.15, -0.1) is 0 Å². The number of ether oxygens (including phenoxy) is 1. The van der Waals surface area contributed by atoms with E-state index in [-0.39, 0.29) is 18.2 Å². The van der Waals surface area contributed by atoms with Crippen molar-refractivity contribution >= 4 is 6.09 Å². The van der Waals surface area contributed by atoms with Crippen molar-refractivity contribution in [2.45, 2.75) is 31.0 Å². The SMILES string of the molecule is O=C(O[C@@H]1CN2CCC12)N1CCc2ccccc2C1c1ccccc1. The molecule has 5 rings (SSSR count). The number of benzene rings is 2. The van der Waals surface area contributed by atoms with Crippen molar-refractivity contribution in [3.8, 4) is 0 Å². The van der Waals surface area contributed by atoms with E-state index in [0.717, 1.165) is 31.5 Å². The summed E-state index contributed by atoms with van der Waals surface area (Å²) in [7, 11) is 0. The van der Waals surface area contributed by atoms with E-state index in [4.69, 9.17) is 4.74 Å². The van der Waals surface area contributed by atoms with Crippen LogP contribution in [-0.4, -0.2) is 47.7 Å². The van der Waals surface area contributed by atoms with Crippen molar-refractivity contribution in [3.63, 3.8) is 0 Å². The molecule has 1 amide bonds. The Hall–Kier alpha value is -2.33. The Bertz CT molecular complexity index is 791. The van der Waals surface area contributed by atoms with E-state index >= 15 is 0 Å². The van der Waals surface area contributed by atoms with Gasteiger partial charge in [-0.25, -0.2) is 4.79 Å². The predicted octanol–water partition coefficient (Wildman–Crippen LogP) is 3.23. The van der Waals surface area contributed by atoms with Crippen LogP contribution >= 0.6 is 0 Å². The molecule has 2 unspecified atom stereocenters. The molecule has 0 saturated carbocycles. The lowest BCUT2D eigenvalue weighted by atomic mass is 9.87. The third-order valence-electron chi connectivity index (χ3n) is 5.91.